The number of benzene rings is 1. The summed E-state index contributed by atoms with van der Waals surface area (Å²) in [5.41, 5.74) is 2.71. The van der Waals surface area contributed by atoms with Gasteiger partial charge in [0.25, 0.3) is 0 Å². The van der Waals surface area contributed by atoms with Gasteiger partial charge in [-0.25, -0.2) is 0 Å². The van der Waals surface area contributed by atoms with Crippen LogP contribution in [0.5, 0.6) is 0 Å². The molecule has 0 fully saturated rings. The summed E-state index contributed by atoms with van der Waals surface area (Å²) in [6, 6.07) is 10.1. The van der Waals surface area contributed by atoms with Gasteiger partial charge < -0.3 is 9.77 Å². The van der Waals surface area contributed by atoms with Gasteiger partial charge in [0.05, 0.1) is 5.69 Å². The fourth-order valence-electron chi connectivity index (χ4n) is 1.69. The highest BCUT2D eigenvalue weighted by Gasteiger charge is 2.07. The monoisotopic (exact) mass is 188 g/mol. The Hall–Kier alpha value is -1.77. The van der Waals surface area contributed by atoms with Crippen molar-refractivity contribution in [1.82, 2.24) is 4.57 Å². The van der Waals surface area contributed by atoms with Crippen LogP contribution >= 0.6 is 0 Å². The smallest absolute Gasteiger partial charge is 0.100 e. The molecular formula is C11H12N2O. The van der Waals surface area contributed by atoms with Crippen LogP contribution in [0.2, 0.25) is 0 Å². The molecule has 0 unspecified atom stereocenters. The molecule has 14 heavy (non-hydrogen) atoms. The Labute approximate surface area is 82.3 Å². The van der Waals surface area contributed by atoms with E-state index in [9.17, 15) is 0 Å². The maximum Gasteiger partial charge on any atom is 0.100 e. The molecule has 1 heterocycles. The first-order valence-corrected chi connectivity index (χ1v) is 4.47. The maximum absolute atomic E-state index is 8.71. The second-order valence-electron chi connectivity index (χ2n) is 3.33. The van der Waals surface area contributed by atoms with E-state index in [1.165, 1.54) is 0 Å². The molecule has 3 nitrogen and oxygen atoms in total. The van der Waals surface area contributed by atoms with E-state index in [1.54, 1.807) is 6.92 Å². The van der Waals surface area contributed by atoms with Crippen molar-refractivity contribution in [2.45, 2.75) is 6.92 Å². The fraction of sp³-hybridized carbons (Fsp3) is 0.182. The summed E-state index contributed by atoms with van der Waals surface area (Å²) in [6.45, 7) is 1.79. The first kappa shape index (κ1) is 8.81. The van der Waals surface area contributed by atoms with E-state index in [2.05, 4.69) is 5.16 Å². The predicted molar refractivity (Wildman–Crippen MR) is 56.9 cm³/mol. The Morgan fingerprint density at radius 1 is 1.36 bits per heavy atom. The van der Waals surface area contributed by atoms with Gasteiger partial charge in [-0.15, -0.1) is 0 Å². The van der Waals surface area contributed by atoms with E-state index < -0.39 is 0 Å². The van der Waals surface area contributed by atoms with Gasteiger partial charge in [-0.3, -0.25) is 0 Å². The van der Waals surface area contributed by atoms with Crippen LogP contribution in [0.25, 0.3) is 10.9 Å². The highest BCUT2D eigenvalue weighted by Crippen LogP contribution is 2.18. The van der Waals surface area contributed by atoms with E-state index in [0.717, 1.165) is 16.6 Å². The summed E-state index contributed by atoms with van der Waals surface area (Å²) < 4.78 is 2.02. The van der Waals surface area contributed by atoms with Gasteiger partial charge >= 0.3 is 0 Å². The van der Waals surface area contributed by atoms with Crippen molar-refractivity contribution in [2.24, 2.45) is 12.2 Å². The number of para-hydroxylation sites is 1. The van der Waals surface area contributed by atoms with Crippen LogP contribution in [0, 0.1) is 0 Å². The number of fused-ring (bicyclic) bond motifs is 1. The minimum absolute atomic E-state index is 0.628. The first-order chi connectivity index (χ1) is 6.74. The third kappa shape index (κ3) is 1.18. The molecule has 1 aromatic heterocycles. The SMILES string of the molecule is C/C(=N/O)c1cc2ccccc2n1C. The van der Waals surface area contributed by atoms with Crippen LogP contribution in [-0.4, -0.2) is 15.5 Å². The lowest BCUT2D eigenvalue weighted by atomic mass is 10.2. The Morgan fingerprint density at radius 3 is 2.71 bits per heavy atom. The maximum atomic E-state index is 8.71. The van der Waals surface area contributed by atoms with Crippen LogP contribution in [0.15, 0.2) is 35.5 Å². The van der Waals surface area contributed by atoms with Gasteiger partial charge in [-0.05, 0) is 19.1 Å². The molecule has 0 spiro atoms. The number of aromatic nitrogens is 1. The van der Waals surface area contributed by atoms with E-state index in [0.29, 0.717) is 5.71 Å². The number of oxime groups is 1. The zero-order valence-electron chi connectivity index (χ0n) is 8.23. The topological polar surface area (TPSA) is 37.5 Å². The van der Waals surface area contributed by atoms with Crippen molar-refractivity contribution in [3.05, 3.63) is 36.0 Å². The van der Waals surface area contributed by atoms with Gasteiger partial charge in [0.15, 0.2) is 0 Å². The molecule has 2 rings (SSSR count). The normalized spacial score (nSPS) is 12.3. The van der Waals surface area contributed by atoms with Crippen molar-refractivity contribution < 1.29 is 5.21 Å². The van der Waals surface area contributed by atoms with E-state index in [4.69, 9.17) is 5.21 Å². The Morgan fingerprint density at radius 2 is 2.07 bits per heavy atom. The highest BCUT2D eigenvalue weighted by molar-refractivity contribution is 6.01. The molecule has 0 aliphatic rings. The Balaban J connectivity index is 2.75. The Bertz CT molecular complexity index is 497. The molecule has 72 valence electrons. The minimum Gasteiger partial charge on any atom is -0.411 e. The number of hydrogen-bond acceptors (Lipinski definition) is 2. The third-order valence-electron chi connectivity index (χ3n) is 2.47. The lowest BCUT2D eigenvalue weighted by molar-refractivity contribution is 0.319. The second kappa shape index (κ2) is 3.18. The largest absolute Gasteiger partial charge is 0.411 e. The van der Waals surface area contributed by atoms with Crippen molar-refractivity contribution in [2.75, 3.05) is 0 Å². The molecular weight excluding hydrogens is 176 g/mol. The van der Waals surface area contributed by atoms with Gasteiger partial charge in [0.2, 0.25) is 0 Å². The first-order valence-electron chi connectivity index (χ1n) is 4.47. The van der Waals surface area contributed by atoms with Crippen LogP contribution in [0.1, 0.15) is 12.6 Å². The van der Waals surface area contributed by atoms with Crippen LogP contribution < -0.4 is 0 Å². The average molecular weight is 188 g/mol. The zero-order chi connectivity index (χ0) is 10.1. The molecule has 1 aromatic carbocycles. The van der Waals surface area contributed by atoms with E-state index in [1.807, 2.05) is 41.9 Å². The quantitative estimate of drug-likeness (QED) is 0.416. The van der Waals surface area contributed by atoms with Crippen LogP contribution in [-0.2, 0) is 7.05 Å². The molecule has 0 amide bonds. The lowest BCUT2D eigenvalue weighted by Gasteiger charge is -2.01. The molecule has 3 heteroatoms. The minimum atomic E-state index is 0.628. The summed E-state index contributed by atoms with van der Waals surface area (Å²) in [7, 11) is 1.96. The third-order valence-corrected chi connectivity index (χ3v) is 2.47. The lowest BCUT2D eigenvalue weighted by Crippen LogP contribution is -2.02. The number of nitrogens with zero attached hydrogens (tertiary/aromatic N) is 2. The zero-order valence-corrected chi connectivity index (χ0v) is 8.23. The van der Waals surface area contributed by atoms with Crippen LogP contribution in [0.4, 0.5) is 0 Å². The van der Waals surface area contributed by atoms with Crippen molar-refractivity contribution in [3.8, 4) is 0 Å². The van der Waals surface area contributed by atoms with Gasteiger partial charge in [0.1, 0.15) is 5.71 Å². The van der Waals surface area contributed by atoms with Gasteiger partial charge in [0, 0.05) is 18.0 Å². The predicted octanol–water partition coefficient (Wildman–Crippen LogP) is 2.38. The number of hydrogen-bond donors (Lipinski definition) is 1. The van der Waals surface area contributed by atoms with Crippen LogP contribution in [0.3, 0.4) is 0 Å². The van der Waals surface area contributed by atoms with Gasteiger partial charge in [-0.1, -0.05) is 23.4 Å². The molecule has 0 atom stereocenters. The summed E-state index contributed by atoms with van der Waals surface area (Å²) >= 11 is 0. The molecule has 0 aliphatic heterocycles. The van der Waals surface area contributed by atoms with E-state index in [-0.39, 0.29) is 0 Å². The van der Waals surface area contributed by atoms with Gasteiger partial charge in [-0.2, -0.15) is 0 Å². The molecule has 0 aliphatic carbocycles. The molecule has 0 saturated carbocycles. The molecule has 0 bridgehead atoms. The van der Waals surface area contributed by atoms with Crippen molar-refractivity contribution in [3.63, 3.8) is 0 Å². The number of aryl methyl sites for hydroxylation is 1. The average Bonchev–Trinajstić information content (AvgIpc) is 2.56. The summed E-state index contributed by atoms with van der Waals surface area (Å²) in [5.74, 6) is 0. The highest BCUT2D eigenvalue weighted by atomic mass is 16.4. The molecule has 0 saturated heterocycles. The summed E-state index contributed by atoms with van der Waals surface area (Å²) in [4.78, 5) is 0. The Kier molecular flexibility index (Phi) is 2.00. The van der Waals surface area contributed by atoms with Crippen molar-refractivity contribution >= 4 is 16.6 Å². The van der Waals surface area contributed by atoms with Crippen molar-refractivity contribution in [1.29, 1.82) is 0 Å². The fourth-order valence-corrected chi connectivity index (χ4v) is 1.69. The molecule has 2 aromatic rings. The standard InChI is InChI=1S/C11H12N2O/c1-8(12-14)11-7-9-5-3-4-6-10(9)13(11)2/h3-7,14H,1-2H3/b12-8-. The number of rotatable bonds is 1. The molecule has 1 N–H and O–H groups in total. The second-order valence-corrected chi connectivity index (χ2v) is 3.33. The molecule has 0 radical (unpaired) electrons. The summed E-state index contributed by atoms with van der Waals surface area (Å²) in [6.07, 6.45) is 0. The van der Waals surface area contributed by atoms with E-state index >= 15 is 0 Å². The summed E-state index contributed by atoms with van der Waals surface area (Å²) in [5, 5.41) is 13.1.